The molecule has 0 aliphatic heterocycles. The third-order valence-electron chi connectivity index (χ3n) is 5.32. The lowest BCUT2D eigenvalue weighted by Gasteiger charge is -2.11. The zero-order chi connectivity index (χ0) is 23.2. The number of aromatic nitrogens is 5. The topological polar surface area (TPSA) is 65.7 Å². The van der Waals surface area contributed by atoms with Crippen LogP contribution in [0.3, 0.4) is 0 Å². The number of aryl methyl sites for hydroxylation is 1. The fraction of sp³-hybridized carbons (Fsp3) is 0.154. The van der Waals surface area contributed by atoms with Crippen LogP contribution in [0.5, 0.6) is 5.75 Å². The Morgan fingerprint density at radius 3 is 2.53 bits per heavy atom. The molecule has 0 fully saturated rings. The van der Waals surface area contributed by atoms with E-state index in [1.54, 1.807) is 36.4 Å². The van der Waals surface area contributed by atoms with Crippen molar-refractivity contribution < 1.29 is 4.74 Å². The van der Waals surface area contributed by atoms with E-state index < -0.39 is 0 Å². The molecule has 2 aromatic carbocycles. The Labute approximate surface area is 206 Å². The van der Waals surface area contributed by atoms with Crippen LogP contribution in [0.25, 0.3) is 22.1 Å². The smallest absolute Gasteiger partial charge is 0.191 e. The summed E-state index contributed by atoms with van der Waals surface area (Å²) in [5.74, 6) is 2.39. The summed E-state index contributed by atoms with van der Waals surface area (Å²) in [5.41, 5.74) is 4.21. The molecule has 5 rings (SSSR count). The average molecular weight is 486 g/mol. The van der Waals surface area contributed by atoms with Crippen molar-refractivity contribution in [1.29, 1.82) is 0 Å². The molecule has 0 aliphatic rings. The van der Waals surface area contributed by atoms with E-state index in [0.29, 0.717) is 0 Å². The molecule has 34 heavy (non-hydrogen) atoms. The Balaban J connectivity index is 1.37. The molecule has 0 atom stereocenters. The zero-order valence-corrected chi connectivity index (χ0v) is 20.3. The maximum atomic E-state index is 5.31. The Bertz CT molecular complexity index is 1330. The van der Waals surface area contributed by atoms with Gasteiger partial charge in [-0.05, 0) is 48.4 Å². The fourth-order valence-electron chi connectivity index (χ4n) is 3.55. The van der Waals surface area contributed by atoms with Crippen molar-refractivity contribution in [2.75, 3.05) is 7.11 Å². The quantitative estimate of drug-likeness (QED) is 0.238. The summed E-state index contributed by atoms with van der Waals surface area (Å²) in [7, 11) is 1.67. The number of benzene rings is 2. The fourth-order valence-corrected chi connectivity index (χ4v) is 5.31. The average Bonchev–Trinajstić information content (AvgIpc) is 3.54. The lowest BCUT2D eigenvalue weighted by Crippen LogP contribution is -2.05. The van der Waals surface area contributed by atoms with Gasteiger partial charge in [-0.25, -0.2) is 4.98 Å². The zero-order valence-electron chi connectivity index (χ0n) is 18.7. The minimum Gasteiger partial charge on any atom is -0.497 e. The van der Waals surface area contributed by atoms with Gasteiger partial charge in [0.15, 0.2) is 11.0 Å². The van der Waals surface area contributed by atoms with E-state index in [9.17, 15) is 0 Å². The van der Waals surface area contributed by atoms with Crippen molar-refractivity contribution in [2.24, 2.45) is 0 Å². The van der Waals surface area contributed by atoms with Crippen molar-refractivity contribution in [3.63, 3.8) is 0 Å². The molecule has 170 valence electrons. The second-order valence-corrected chi connectivity index (χ2v) is 9.37. The molecule has 0 bridgehead atoms. The first kappa shape index (κ1) is 22.3. The van der Waals surface area contributed by atoms with Gasteiger partial charge in [-0.2, -0.15) is 0 Å². The van der Waals surface area contributed by atoms with Gasteiger partial charge in [-0.1, -0.05) is 48.2 Å². The summed E-state index contributed by atoms with van der Waals surface area (Å²) in [6.45, 7) is 0.789. The number of methoxy groups -OCH3 is 1. The van der Waals surface area contributed by atoms with E-state index in [1.165, 1.54) is 5.56 Å². The summed E-state index contributed by atoms with van der Waals surface area (Å²) in [4.78, 5) is 9.17. The summed E-state index contributed by atoms with van der Waals surface area (Å²) >= 11 is 3.27. The third kappa shape index (κ3) is 5.18. The van der Waals surface area contributed by atoms with Crippen LogP contribution < -0.4 is 4.74 Å². The molecular formula is C26H23N5OS2. The van der Waals surface area contributed by atoms with Crippen LogP contribution in [0.1, 0.15) is 11.3 Å². The van der Waals surface area contributed by atoms with Crippen LogP contribution in [-0.2, 0) is 18.7 Å². The highest BCUT2D eigenvalue weighted by atomic mass is 32.2. The molecule has 0 saturated heterocycles. The minimum absolute atomic E-state index is 0.718. The van der Waals surface area contributed by atoms with E-state index in [0.717, 1.165) is 57.4 Å². The molecule has 0 aliphatic carbocycles. The van der Waals surface area contributed by atoms with Crippen LogP contribution in [0, 0.1) is 0 Å². The number of rotatable bonds is 9. The van der Waals surface area contributed by atoms with Crippen molar-refractivity contribution in [2.45, 2.75) is 23.9 Å². The second kappa shape index (κ2) is 10.6. The van der Waals surface area contributed by atoms with Gasteiger partial charge in [-0.3, -0.25) is 4.98 Å². The van der Waals surface area contributed by atoms with E-state index in [2.05, 4.69) is 49.4 Å². The van der Waals surface area contributed by atoms with Crippen molar-refractivity contribution in [1.82, 2.24) is 24.7 Å². The maximum absolute atomic E-state index is 5.31. The Morgan fingerprint density at radius 2 is 1.76 bits per heavy atom. The molecular weight excluding hydrogens is 462 g/mol. The molecule has 5 aromatic rings. The van der Waals surface area contributed by atoms with Gasteiger partial charge in [0.2, 0.25) is 0 Å². The minimum atomic E-state index is 0.718. The number of hydrogen-bond donors (Lipinski definition) is 0. The first-order valence-corrected chi connectivity index (χ1v) is 12.8. The highest BCUT2D eigenvalue weighted by molar-refractivity contribution is 7.98. The monoisotopic (exact) mass is 485 g/mol. The molecule has 6 nitrogen and oxygen atoms in total. The number of nitrogens with zero attached hydrogens (tertiary/aromatic N) is 5. The molecule has 0 saturated carbocycles. The SMILES string of the molecule is COc1ccc(-c2nnc(SCc3csc(-c4ccccn4)n3)n2CCc2ccccc2)cc1. The van der Waals surface area contributed by atoms with Crippen molar-refractivity contribution in [3.05, 3.63) is 95.6 Å². The molecule has 0 unspecified atom stereocenters. The van der Waals surface area contributed by atoms with E-state index in [4.69, 9.17) is 9.72 Å². The second-order valence-electron chi connectivity index (χ2n) is 7.57. The molecule has 0 amide bonds. The first-order valence-electron chi connectivity index (χ1n) is 10.9. The van der Waals surface area contributed by atoms with Gasteiger partial charge < -0.3 is 9.30 Å². The van der Waals surface area contributed by atoms with Gasteiger partial charge in [0.05, 0.1) is 18.5 Å². The lowest BCUT2D eigenvalue weighted by atomic mass is 10.1. The maximum Gasteiger partial charge on any atom is 0.191 e. The normalized spacial score (nSPS) is 11.0. The Hall–Kier alpha value is -3.49. The number of pyridine rings is 1. The number of thioether (sulfide) groups is 1. The van der Waals surface area contributed by atoms with Gasteiger partial charge >= 0.3 is 0 Å². The van der Waals surface area contributed by atoms with Crippen LogP contribution in [-0.4, -0.2) is 31.8 Å². The van der Waals surface area contributed by atoms with Gasteiger partial charge in [-0.15, -0.1) is 21.5 Å². The predicted octanol–water partition coefficient (Wildman–Crippen LogP) is 6.01. The largest absolute Gasteiger partial charge is 0.497 e. The first-order chi connectivity index (χ1) is 16.8. The van der Waals surface area contributed by atoms with Crippen LogP contribution in [0.2, 0.25) is 0 Å². The molecule has 0 N–H and O–H groups in total. The third-order valence-corrected chi connectivity index (χ3v) is 7.23. The van der Waals surface area contributed by atoms with Gasteiger partial charge in [0, 0.05) is 29.4 Å². The van der Waals surface area contributed by atoms with Crippen LogP contribution in [0.15, 0.2) is 89.5 Å². The number of hydrogen-bond acceptors (Lipinski definition) is 7. The summed E-state index contributed by atoms with van der Waals surface area (Å²) in [6.07, 6.45) is 2.69. The van der Waals surface area contributed by atoms with Crippen LogP contribution >= 0.6 is 23.1 Å². The van der Waals surface area contributed by atoms with Crippen molar-refractivity contribution >= 4 is 23.1 Å². The van der Waals surface area contributed by atoms with Crippen molar-refractivity contribution in [3.8, 4) is 27.8 Å². The van der Waals surface area contributed by atoms with Gasteiger partial charge in [0.1, 0.15) is 10.8 Å². The van der Waals surface area contributed by atoms with E-state index in [-0.39, 0.29) is 0 Å². The van der Waals surface area contributed by atoms with Gasteiger partial charge in [0.25, 0.3) is 0 Å². The summed E-state index contributed by atoms with van der Waals surface area (Å²) < 4.78 is 7.51. The van der Waals surface area contributed by atoms with E-state index in [1.807, 2.05) is 48.5 Å². The standard InChI is InChI=1S/C26H23N5OS2/c1-32-22-12-10-20(11-13-22)24-29-30-26(31(24)16-14-19-7-3-2-4-8-19)34-18-21-17-33-25(28-21)23-9-5-6-15-27-23/h2-13,15,17H,14,16,18H2,1H3. The Kier molecular flexibility index (Phi) is 6.97. The molecule has 3 aromatic heterocycles. The molecule has 0 radical (unpaired) electrons. The van der Waals surface area contributed by atoms with E-state index >= 15 is 0 Å². The highest BCUT2D eigenvalue weighted by Crippen LogP contribution is 2.29. The van der Waals surface area contributed by atoms with Crippen LogP contribution in [0.4, 0.5) is 0 Å². The number of ether oxygens (including phenoxy) is 1. The Morgan fingerprint density at radius 1 is 0.941 bits per heavy atom. The highest BCUT2D eigenvalue weighted by Gasteiger charge is 2.16. The molecule has 0 spiro atoms. The summed E-state index contributed by atoms with van der Waals surface area (Å²) in [5, 5.41) is 13.0. The molecule has 8 heteroatoms. The summed E-state index contributed by atoms with van der Waals surface area (Å²) in [6, 6.07) is 24.3. The lowest BCUT2D eigenvalue weighted by molar-refractivity contribution is 0.415. The molecule has 3 heterocycles. The predicted molar refractivity (Wildman–Crippen MR) is 137 cm³/mol. The number of thiazole rings is 1.